The number of benzene rings is 2. The maximum atomic E-state index is 17.2. The fourth-order valence-corrected chi connectivity index (χ4v) is 10.6. The van der Waals surface area contributed by atoms with E-state index in [1.165, 1.54) is 12.1 Å². The number of amides is 1. The SMILES string of the molecule is N#Cc1c(N)sc2c(F)ccc(-c3c(Cl)cc4c(N5CCCCC6(CN(C(=O)CC7COC7)C6)C5)nc(OC[C@@]56CCCN5C[C@H](F)C6)nc4c3F)c12. The number of anilines is 2. The summed E-state index contributed by atoms with van der Waals surface area (Å²) in [5, 5.41) is 10.7. The van der Waals surface area contributed by atoms with Gasteiger partial charge in [-0.15, -0.1) is 11.3 Å². The zero-order chi connectivity index (χ0) is 36.6. The molecule has 9 rings (SSSR count). The van der Waals surface area contributed by atoms with Crippen LogP contribution >= 0.6 is 22.9 Å². The minimum Gasteiger partial charge on any atom is -0.461 e. The lowest BCUT2D eigenvalue weighted by atomic mass is 9.75. The third-order valence-electron chi connectivity index (χ3n) is 12.1. The lowest BCUT2D eigenvalue weighted by Gasteiger charge is -2.52. The Morgan fingerprint density at radius 3 is 2.75 bits per heavy atom. The number of nitrogens with two attached hydrogens (primary N) is 1. The highest BCUT2D eigenvalue weighted by Crippen LogP contribution is 2.47. The van der Waals surface area contributed by atoms with Gasteiger partial charge >= 0.3 is 6.01 Å². The van der Waals surface area contributed by atoms with E-state index in [0.29, 0.717) is 70.0 Å². The molecular weight excluding hydrogens is 727 g/mol. The number of hydrogen-bond acceptors (Lipinski definition) is 10. The third-order valence-corrected chi connectivity index (χ3v) is 13.4. The molecule has 1 spiro atoms. The number of carbonyl (C=O) groups is 1. The van der Waals surface area contributed by atoms with Gasteiger partial charge in [-0.1, -0.05) is 24.1 Å². The van der Waals surface area contributed by atoms with E-state index in [2.05, 4.69) is 14.8 Å². The summed E-state index contributed by atoms with van der Waals surface area (Å²) >= 11 is 7.88. The van der Waals surface area contributed by atoms with Crippen LogP contribution in [-0.2, 0) is 9.53 Å². The number of hydrogen-bond donors (Lipinski definition) is 1. The Balaban J connectivity index is 1.13. The molecule has 0 unspecified atom stereocenters. The number of nitriles is 1. The van der Waals surface area contributed by atoms with Crippen molar-refractivity contribution in [3.05, 3.63) is 40.4 Å². The monoisotopic (exact) mass is 765 g/mol. The number of nitrogens with zero attached hydrogens (tertiary/aromatic N) is 6. The van der Waals surface area contributed by atoms with Crippen LogP contribution in [0.1, 0.15) is 50.5 Å². The summed E-state index contributed by atoms with van der Waals surface area (Å²) in [4.78, 5) is 28.8. The Hall–Kier alpha value is -3.90. The van der Waals surface area contributed by atoms with Crippen molar-refractivity contribution in [2.45, 2.75) is 56.7 Å². The minimum absolute atomic E-state index is 0.0311. The minimum atomic E-state index is -0.949. The molecule has 278 valence electrons. The van der Waals surface area contributed by atoms with Crippen molar-refractivity contribution in [2.75, 3.05) is 69.7 Å². The van der Waals surface area contributed by atoms with E-state index in [1.54, 1.807) is 6.07 Å². The van der Waals surface area contributed by atoms with E-state index in [9.17, 15) is 14.4 Å². The molecule has 2 N–H and O–H groups in total. The Morgan fingerprint density at radius 2 is 1.98 bits per heavy atom. The van der Waals surface area contributed by atoms with Crippen LogP contribution < -0.4 is 15.4 Å². The average molecular weight is 766 g/mol. The highest BCUT2D eigenvalue weighted by Gasteiger charge is 2.50. The fraction of sp³-hybridized carbons (Fsp3) is 0.526. The van der Waals surface area contributed by atoms with E-state index < -0.39 is 23.3 Å². The molecule has 0 aliphatic carbocycles. The van der Waals surface area contributed by atoms with Crippen molar-refractivity contribution in [1.29, 1.82) is 5.26 Å². The summed E-state index contributed by atoms with van der Waals surface area (Å²) in [6, 6.07) is 6.26. The molecule has 2 aromatic heterocycles. The summed E-state index contributed by atoms with van der Waals surface area (Å²) < 4.78 is 58.6. The van der Waals surface area contributed by atoms with Crippen molar-refractivity contribution < 1.29 is 27.4 Å². The summed E-state index contributed by atoms with van der Waals surface area (Å²) in [6.45, 7) is 5.07. The molecule has 53 heavy (non-hydrogen) atoms. The Bertz CT molecular complexity index is 2190. The highest BCUT2D eigenvalue weighted by atomic mass is 35.5. The number of rotatable bonds is 7. The van der Waals surface area contributed by atoms with Crippen LogP contribution in [0.5, 0.6) is 6.01 Å². The average Bonchev–Trinajstić information content (AvgIpc) is 3.68. The lowest BCUT2D eigenvalue weighted by Crippen LogP contribution is -2.62. The van der Waals surface area contributed by atoms with Gasteiger partial charge in [-0.25, -0.2) is 13.2 Å². The molecule has 5 fully saturated rings. The number of alkyl halides is 1. The Kier molecular flexibility index (Phi) is 8.64. The molecule has 5 saturated heterocycles. The zero-order valence-electron chi connectivity index (χ0n) is 29.1. The maximum absolute atomic E-state index is 17.2. The number of carbonyl (C=O) groups excluding carboxylic acids is 1. The van der Waals surface area contributed by atoms with Gasteiger partial charge in [0.05, 0.1) is 34.0 Å². The predicted octanol–water partition coefficient (Wildman–Crippen LogP) is 6.71. The molecule has 0 radical (unpaired) electrons. The Labute approximate surface area is 313 Å². The first-order valence-corrected chi connectivity index (χ1v) is 19.5. The number of likely N-dealkylation sites (tertiary alicyclic amines) is 1. The van der Waals surface area contributed by atoms with Gasteiger partial charge in [0.1, 0.15) is 41.0 Å². The molecular formula is C38H39ClF3N7O3S. The number of aromatic nitrogens is 2. The molecule has 10 nitrogen and oxygen atoms in total. The molecule has 2 atom stereocenters. The highest BCUT2D eigenvalue weighted by molar-refractivity contribution is 7.23. The second kappa shape index (κ2) is 13.1. The van der Waals surface area contributed by atoms with E-state index in [0.717, 1.165) is 50.0 Å². The van der Waals surface area contributed by atoms with Gasteiger partial charge in [0.25, 0.3) is 0 Å². The number of fused-ring (bicyclic) bond motifs is 3. The van der Waals surface area contributed by atoms with Gasteiger partial charge in [0.15, 0.2) is 5.82 Å². The summed E-state index contributed by atoms with van der Waals surface area (Å²) in [5.74, 6) is -0.449. The summed E-state index contributed by atoms with van der Waals surface area (Å²) in [6.07, 6.45) is 4.39. The number of ether oxygens (including phenoxy) is 2. The molecule has 15 heteroatoms. The topological polar surface area (TPSA) is 121 Å². The first-order chi connectivity index (χ1) is 25.6. The van der Waals surface area contributed by atoms with Crippen LogP contribution in [-0.4, -0.2) is 96.5 Å². The number of halogens is 4. The largest absolute Gasteiger partial charge is 0.461 e. The second-order valence-corrected chi connectivity index (χ2v) is 17.1. The molecule has 0 bridgehead atoms. The normalized spacial score (nSPS) is 24.3. The van der Waals surface area contributed by atoms with E-state index >= 15 is 8.78 Å². The molecule has 1 amide bonds. The van der Waals surface area contributed by atoms with Crippen LogP contribution in [0.2, 0.25) is 5.02 Å². The van der Waals surface area contributed by atoms with Gasteiger partial charge in [0.2, 0.25) is 5.91 Å². The van der Waals surface area contributed by atoms with Gasteiger partial charge in [-0.3, -0.25) is 9.69 Å². The van der Waals surface area contributed by atoms with Crippen molar-refractivity contribution in [3.63, 3.8) is 0 Å². The van der Waals surface area contributed by atoms with Crippen LogP contribution in [0.25, 0.3) is 32.1 Å². The molecule has 4 aromatic rings. The molecule has 5 aliphatic rings. The second-order valence-electron chi connectivity index (χ2n) is 15.6. The van der Waals surface area contributed by atoms with Crippen LogP contribution in [0, 0.1) is 34.3 Å². The number of nitrogen functional groups attached to an aromatic ring is 1. The molecule has 5 aliphatic heterocycles. The van der Waals surface area contributed by atoms with E-state index in [-0.39, 0.29) is 72.2 Å². The molecule has 0 saturated carbocycles. The lowest BCUT2D eigenvalue weighted by molar-refractivity contribution is -0.148. The van der Waals surface area contributed by atoms with Crippen molar-refractivity contribution in [2.24, 2.45) is 11.3 Å². The van der Waals surface area contributed by atoms with Crippen molar-refractivity contribution in [1.82, 2.24) is 19.8 Å². The smallest absolute Gasteiger partial charge is 0.319 e. The predicted molar refractivity (Wildman–Crippen MR) is 197 cm³/mol. The van der Waals surface area contributed by atoms with E-state index in [1.807, 2.05) is 11.0 Å². The molecule has 2 aromatic carbocycles. The van der Waals surface area contributed by atoms with Gasteiger partial charge < -0.3 is 25.0 Å². The van der Waals surface area contributed by atoms with Crippen LogP contribution in [0.3, 0.4) is 0 Å². The first kappa shape index (κ1) is 34.8. The van der Waals surface area contributed by atoms with Crippen LogP contribution in [0.4, 0.5) is 24.0 Å². The summed E-state index contributed by atoms with van der Waals surface area (Å²) in [7, 11) is 0. The standard InChI is InChI=1S/C38H39ClF3N7O3S/c39-26-11-24-32(31(42)30(26)23-4-5-27(41)33-29(23)25(13-43)34(44)53-33)45-36(52-20-38-7-3-9-49(38)14-22(40)12-38)46-35(24)47-8-2-1-6-37(17-47)18-48(19-37)28(50)10-21-15-51-16-21/h4-5,11,21-22H,1-3,6-10,12,14-20,44H2/t22-,38+/m1/s1. The summed E-state index contributed by atoms with van der Waals surface area (Å²) in [5.41, 5.74) is 5.68. The van der Waals surface area contributed by atoms with Gasteiger partial charge in [0, 0.05) is 73.2 Å². The van der Waals surface area contributed by atoms with Crippen LogP contribution in [0.15, 0.2) is 18.2 Å². The van der Waals surface area contributed by atoms with Gasteiger partial charge in [-0.2, -0.15) is 15.2 Å². The van der Waals surface area contributed by atoms with Gasteiger partial charge in [-0.05, 0) is 49.9 Å². The van der Waals surface area contributed by atoms with Crippen molar-refractivity contribution in [3.8, 4) is 23.2 Å². The number of thiophene rings is 1. The molecule has 7 heterocycles. The maximum Gasteiger partial charge on any atom is 0.319 e. The Morgan fingerprint density at radius 1 is 1.15 bits per heavy atom. The van der Waals surface area contributed by atoms with E-state index in [4.69, 9.17) is 31.8 Å². The fourth-order valence-electron chi connectivity index (χ4n) is 9.39. The zero-order valence-corrected chi connectivity index (χ0v) is 30.7. The van der Waals surface area contributed by atoms with Crippen molar-refractivity contribution >= 4 is 60.7 Å². The first-order valence-electron chi connectivity index (χ1n) is 18.3. The quantitative estimate of drug-likeness (QED) is 0.219. The third kappa shape index (κ3) is 5.86.